The van der Waals surface area contributed by atoms with Crippen molar-refractivity contribution in [3.8, 4) is 0 Å². The molecule has 2 rings (SSSR count). The minimum absolute atomic E-state index is 0.129. The molecule has 2 unspecified atom stereocenters. The van der Waals surface area contributed by atoms with Crippen LogP contribution in [0.4, 0.5) is 0 Å². The van der Waals surface area contributed by atoms with E-state index in [0.717, 1.165) is 11.3 Å². The zero-order valence-corrected chi connectivity index (χ0v) is 10.0. The van der Waals surface area contributed by atoms with E-state index >= 15 is 0 Å². The number of hydrogen-bond acceptors (Lipinski definition) is 4. The van der Waals surface area contributed by atoms with Crippen molar-refractivity contribution >= 4 is 17.2 Å². The summed E-state index contributed by atoms with van der Waals surface area (Å²) in [6.07, 6.45) is 0.843. The van der Waals surface area contributed by atoms with Crippen LogP contribution < -0.4 is 11.1 Å². The highest BCUT2D eigenvalue weighted by Crippen LogP contribution is 2.21. The van der Waals surface area contributed by atoms with E-state index in [-0.39, 0.29) is 11.4 Å². The van der Waals surface area contributed by atoms with E-state index in [9.17, 15) is 4.79 Å². The Balaban J connectivity index is 1.98. The number of carbonyl (C=O) groups excluding carboxylic acids is 1. The molecule has 0 aromatic carbocycles. The summed E-state index contributed by atoms with van der Waals surface area (Å²) in [6, 6.07) is 3.20. The molecule has 0 radical (unpaired) electrons. The fraction of sp³-hybridized carbons (Fsp3) is 0.545. The number of ether oxygens (including phenoxy) is 1. The maximum absolute atomic E-state index is 11.9. The maximum Gasteiger partial charge on any atom is 0.242 e. The number of carbonyl (C=O) groups is 1. The van der Waals surface area contributed by atoms with Gasteiger partial charge < -0.3 is 15.8 Å². The molecule has 1 saturated heterocycles. The van der Waals surface area contributed by atoms with Crippen LogP contribution in [0, 0.1) is 0 Å². The van der Waals surface area contributed by atoms with Crippen LogP contribution in [0.2, 0.25) is 0 Å². The molecule has 0 aliphatic carbocycles. The largest absolute Gasteiger partial charge is 0.379 e. The Morgan fingerprint density at radius 3 is 3.12 bits per heavy atom. The second kappa shape index (κ2) is 4.53. The molecule has 16 heavy (non-hydrogen) atoms. The lowest BCUT2D eigenvalue weighted by atomic mass is 10.0. The lowest BCUT2D eigenvalue weighted by molar-refractivity contribution is -0.124. The topological polar surface area (TPSA) is 64.4 Å². The minimum Gasteiger partial charge on any atom is -0.379 e. The predicted octanol–water partition coefficient (Wildman–Crippen LogP) is 1.04. The highest BCUT2D eigenvalue weighted by Gasteiger charge is 2.33. The maximum atomic E-state index is 11.9. The van der Waals surface area contributed by atoms with Crippen molar-refractivity contribution in [2.45, 2.75) is 24.9 Å². The summed E-state index contributed by atoms with van der Waals surface area (Å²) < 4.78 is 5.28. The monoisotopic (exact) mass is 240 g/mol. The fourth-order valence-corrected chi connectivity index (χ4v) is 2.46. The van der Waals surface area contributed by atoms with Gasteiger partial charge in [0, 0.05) is 11.5 Å². The van der Waals surface area contributed by atoms with Gasteiger partial charge in [-0.1, -0.05) is 6.07 Å². The van der Waals surface area contributed by atoms with Crippen molar-refractivity contribution in [2.75, 3.05) is 13.2 Å². The third kappa shape index (κ3) is 2.42. The Bertz CT molecular complexity index is 358. The lowest BCUT2D eigenvalue weighted by Crippen LogP contribution is -2.49. The van der Waals surface area contributed by atoms with Gasteiger partial charge in [-0.25, -0.2) is 0 Å². The van der Waals surface area contributed by atoms with Gasteiger partial charge in [0.2, 0.25) is 5.91 Å². The minimum atomic E-state index is -0.572. The van der Waals surface area contributed by atoms with Crippen LogP contribution in [0.3, 0.4) is 0 Å². The van der Waals surface area contributed by atoms with Crippen LogP contribution in [0.1, 0.15) is 24.3 Å². The third-order valence-corrected chi connectivity index (χ3v) is 3.73. The van der Waals surface area contributed by atoms with E-state index in [1.807, 2.05) is 24.4 Å². The number of nitrogens with one attached hydrogen (secondary N) is 1. The van der Waals surface area contributed by atoms with Gasteiger partial charge in [0.15, 0.2) is 0 Å². The molecule has 1 aliphatic heterocycles. The Labute approximate surface area is 98.8 Å². The summed E-state index contributed by atoms with van der Waals surface area (Å²) >= 11 is 1.50. The average Bonchev–Trinajstić information content (AvgIpc) is 2.87. The van der Waals surface area contributed by atoms with Crippen LogP contribution in [0.15, 0.2) is 17.5 Å². The molecule has 1 aliphatic rings. The molecule has 0 bridgehead atoms. The smallest absolute Gasteiger partial charge is 0.242 e. The van der Waals surface area contributed by atoms with E-state index in [4.69, 9.17) is 10.5 Å². The molecule has 88 valence electrons. The van der Waals surface area contributed by atoms with Gasteiger partial charge in [0.05, 0.1) is 12.1 Å². The van der Waals surface area contributed by atoms with E-state index in [0.29, 0.717) is 13.2 Å². The Morgan fingerprint density at radius 1 is 1.75 bits per heavy atom. The number of thiophene rings is 1. The number of hydrogen-bond donors (Lipinski definition) is 2. The molecule has 5 heteroatoms. The molecule has 4 nitrogen and oxygen atoms in total. The normalized spacial score (nSPS) is 26.6. The molecular formula is C11H16N2O2S. The van der Waals surface area contributed by atoms with Crippen molar-refractivity contribution in [3.63, 3.8) is 0 Å². The summed E-state index contributed by atoms with van der Waals surface area (Å²) in [5, 5.41) is 4.88. The van der Waals surface area contributed by atoms with Crippen molar-refractivity contribution in [1.82, 2.24) is 5.32 Å². The Hall–Kier alpha value is -0.910. The standard InChI is InChI=1S/C11H16N2O2S/c1-11(4-5-15-7-11)13-10(14)9(12)8-3-2-6-16-8/h2-3,6,9H,4-5,7,12H2,1H3,(H,13,14). The van der Waals surface area contributed by atoms with Crippen LogP contribution in [0.5, 0.6) is 0 Å². The SMILES string of the molecule is CC1(NC(=O)C(N)c2cccs2)CCOC1. The first-order chi connectivity index (χ1) is 7.61. The van der Waals surface area contributed by atoms with Gasteiger partial charge in [-0.05, 0) is 24.8 Å². The average molecular weight is 240 g/mol. The van der Waals surface area contributed by atoms with Crippen LogP contribution in [0.25, 0.3) is 0 Å². The van der Waals surface area contributed by atoms with Crippen molar-refractivity contribution < 1.29 is 9.53 Å². The second-order valence-corrected chi connectivity index (χ2v) is 5.32. The van der Waals surface area contributed by atoms with Crippen LogP contribution in [-0.2, 0) is 9.53 Å². The molecule has 1 amide bonds. The predicted molar refractivity (Wildman–Crippen MR) is 63.2 cm³/mol. The molecule has 1 aromatic heterocycles. The highest BCUT2D eigenvalue weighted by molar-refractivity contribution is 7.10. The van der Waals surface area contributed by atoms with E-state index in [1.165, 1.54) is 11.3 Å². The quantitative estimate of drug-likeness (QED) is 0.830. The summed E-state index contributed by atoms with van der Waals surface area (Å²) in [6.45, 7) is 3.25. The van der Waals surface area contributed by atoms with Gasteiger partial charge in [-0.2, -0.15) is 0 Å². The van der Waals surface area contributed by atoms with Crippen LogP contribution in [-0.4, -0.2) is 24.7 Å². The van der Waals surface area contributed by atoms with Crippen molar-refractivity contribution in [2.24, 2.45) is 5.73 Å². The zero-order valence-electron chi connectivity index (χ0n) is 9.23. The second-order valence-electron chi connectivity index (χ2n) is 4.35. The van der Waals surface area contributed by atoms with Crippen molar-refractivity contribution in [1.29, 1.82) is 0 Å². The molecule has 0 saturated carbocycles. The first-order valence-electron chi connectivity index (χ1n) is 5.29. The van der Waals surface area contributed by atoms with Gasteiger partial charge in [0.1, 0.15) is 6.04 Å². The lowest BCUT2D eigenvalue weighted by Gasteiger charge is -2.25. The van der Waals surface area contributed by atoms with Gasteiger partial charge in [-0.15, -0.1) is 11.3 Å². The zero-order chi connectivity index (χ0) is 11.6. The molecule has 2 atom stereocenters. The fourth-order valence-electron chi connectivity index (χ4n) is 1.74. The summed E-state index contributed by atoms with van der Waals surface area (Å²) in [5.74, 6) is -0.129. The third-order valence-electron chi connectivity index (χ3n) is 2.78. The summed E-state index contributed by atoms with van der Waals surface area (Å²) in [5.41, 5.74) is 5.62. The van der Waals surface area contributed by atoms with Crippen LogP contribution >= 0.6 is 11.3 Å². The summed E-state index contributed by atoms with van der Waals surface area (Å²) in [4.78, 5) is 12.8. The summed E-state index contributed by atoms with van der Waals surface area (Å²) in [7, 11) is 0. The van der Waals surface area contributed by atoms with E-state index in [1.54, 1.807) is 0 Å². The Morgan fingerprint density at radius 2 is 2.56 bits per heavy atom. The first-order valence-corrected chi connectivity index (χ1v) is 6.17. The first kappa shape index (κ1) is 11.6. The highest BCUT2D eigenvalue weighted by atomic mass is 32.1. The van der Waals surface area contributed by atoms with Gasteiger partial charge >= 0.3 is 0 Å². The molecule has 1 aromatic rings. The molecule has 1 fully saturated rings. The van der Waals surface area contributed by atoms with E-state index in [2.05, 4.69) is 5.32 Å². The Kier molecular flexibility index (Phi) is 3.28. The number of amides is 1. The molecule has 2 heterocycles. The number of rotatable bonds is 3. The number of nitrogens with two attached hydrogens (primary N) is 1. The van der Waals surface area contributed by atoms with Gasteiger partial charge in [0.25, 0.3) is 0 Å². The molecule has 3 N–H and O–H groups in total. The molecule has 0 spiro atoms. The molecular weight excluding hydrogens is 224 g/mol. The van der Waals surface area contributed by atoms with Gasteiger partial charge in [-0.3, -0.25) is 4.79 Å². The van der Waals surface area contributed by atoms with E-state index < -0.39 is 6.04 Å². The van der Waals surface area contributed by atoms with Crippen molar-refractivity contribution in [3.05, 3.63) is 22.4 Å².